The molecule has 0 aliphatic carbocycles. The maximum absolute atomic E-state index is 11.9. The topological polar surface area (TPSA) is 78.6 Å². The lowest BCUT2D eigenvalue weighted by Crippen LogP contribution is -2.35. The summed E-state index contributed by atoms with van der Waals surface area (Å²) in [6.07, 6.45) is 1.07. The average molecular weight is 259 g/mol. The molecule has 0 aliphatic heterocycles. The standard InChI is InChI=1S/C13H25NO4/c1-12(2,3)8-7-9(11(16)18-14)10(15)17-13(4,5)6/h9H,7-8,14H2,1-6H3. The summed E-state index contributed by atoms with van der Waals surface area (Å²) < 4.78 is 5.19. The number of carbonyl (C=O) groups excluding carboxylic acids is 2. The third-order valence-corrected chi connectivity index (χ3v) is 2.27. The SMILES string of the molecule is CC(C)(C)CCC(C(=O)ON)C(=O)OC(C)(C)C. The van der Waals surface area contributed by atoms with E-state index in [-0.39, 0.29) is 5.41 Å². The fraction of sp³-hybridized carbons (Fsp3) is 0.846. The van der Waals surface area contributed by atoms with Gasteiger partial charge in [-0.25, -0.2) is 4.79 Å². The molecule has 0 radical (unpaired) electrons. The Morgan fingerprint density at radius 3 is 1.89 bits per heavy atom. The number of esters is 1. The van der Waals surface area contributed by atoms with Gasteiger partial charge < -0.3 is 9.57 Å². The van der Waals surface area contributed by atoms with Crippen molar-refractivity contribution in [1.82, 2.24) is 0 Å². The van der Waals surface area contributed by atoms with Crippen LogP contribution in [-0.2, 0) is 19.2 Å². The Hall–Kier alpha value is -1.10. The van der Waals surface area contributed by atoms with Crippen LogP contribution in [0.15, 0.2) is 0 Å². The van der Waals surface area contributed by atoms with E-state index in [0.717, 1.165) is 0 Å². The van der Waals surface area contributed by atoms with E-state index >= 15 is 0 Å². The molecule has 0 saturated carbocycles. The van der Waals surface area contributed by atoms with Crippen LogP contribution in [0.4, 0.5) is 0 Å². The fourth-order valence-electron chi connectivity index (χ4n) is 1.36. The van der Waals surface area contributed by atoms with Crippen molar-refractivity contribution in [2.24, 2.45) is 17.2 Å². The molecule has 0 bridgehead atoms. The number of ether oxygens (including phenoxy) is 1. The number of hydrogen-bond acceptors (Lipinski definition) is 5. The highest BCUT2D eigenvalue weighted by Gasteiger charge is 2.33. The highest BCUT2D eigenvalue weighted by atomic mass is 16.7. The van der Waals surface area contributed by atoms with Crippen LogP contribution in [0.3, 0.4) is 0 Å². The summed E-state index contributed by atoms with van der Waals surface area (Å²) in [4.78, 5) is 27.6. The van der Waals surface area contributed by atoms with Gasteiger partial charge in [-0.3, -0.25) is 4.79 Å². The van der Waals surface area contributed by atoms with Crippen LogP contribution >= 0.6 is 0 Å². The largest absolute Gasteiger partial charge is 0.459 e. The molecule has 0 spiro atoms. The number of hydrogen-bond donors (Lipinski definition) is 1. The molecule has 106 valence electrons. The molecule has 0 aliphatic rings. The van der Waals surface area contributed by atoms with E-state index < -0.39 is 23.5 Å². The molecular weight excluding hydrogens is 234 g/mol. The first-order valence-corrected chi connectivity index (χ1v) is 6.10. The minimum atomic E-state index is -0.951. The van der Waals surface area contributed by atoms with Gasteiger partial charge in [-0.2, -0.15) is 5.90 Å². The predicted octanol–water partition coefficient (Wildman–Crippen LogP) is 2.19. The second kappa shape index (κ2) is 6.18. The molecule has 5 heteroatoms. The highest BCUT2D eigenvalue weighted by Crippen LogP contribution is 2.25. The third-order valence-electron chi connectivity index (χ3n) is 2.27. The number of nitrogens with two attached hydrogens (primary N) is 1. The van der Waals surface area contributed by atoms with Crippen molar-refractivity contribution in [1.29, 1.82) is 0 Å². The third kappa shape index (κ3) is 7.27. The van der Waals surface area contributed by atoms with Crippen LogP contribution in [0.25, 0.3) is 0 Å². The fourth-order valence-corrected chi connectivity index (χ4v) is 1.36. The van der Waals surface area contributed by atoms with E-state index in [4.69, 9.17) is 10.6 Å². The summed E-state index contributed by atoms with van der Waals surface area (Å²) in [5.74, 6) is 2.58. The quantitative estimate of drug-likeness (QED) is 0.475. The first-order chi connectivity index (χ1) is 7.96. The molecule has 5 nitrogen and oxygen atoms in total. The highest BCUT2D eigenvalue weighted by molar-refractivity contribution is 5.94. The molecule has 0 aromatic rings. The van der Waals surface area contributed by atoms with E-state index in [0.29, 0.717) is 12.8 Å². The predicted molar refractivity (Wildman–Crippen MR) is 68.3 cm³/mol. The van der Waals surface area contributed by atoms with Crippen molar-refractivity contribution < 1.29 is 19.2 Å². The molecule has 2 N–H and O–H groups in total. The molecule has 0 heterocycles. The van der Waals surface area contributed by atoms with Gasteiger partial charge in [0.2, 0.25) is 0 Å². The molecule has 0 amide bonds. The van der Waals surface area contributed by atoms with Crippen LogP contribution < -0.4 is 5.90 Å². The maximum Gasteiger partial charge on any atom is 0.338 e. The van der Waals surface area contributed by atoms with Gasteiger partial charge >= 0.3 is 11.9 Å². The van der Waals surface area contributed by atoms with E-state index in [2.05, 4.69) is 4.84 Å². The van der Waals surface area contributed by atoms with E-state index in [1.165, 1.54) is 0 Å². The van der Waals surface area contributed by atoms with Crippen molar-refractivity contribution >= 4 is 11.9 Å². The van der Waals surface area contributed by atoms with Gasteiger partial charge in [0.25, 0.3) is 0 Å². The van der Waals surface area contributed by atoms with Gasteiger partial charge in [-0.15, -0.1) is 0 Å². The van der Waals surface area contributed by atoms with Crippen molar-refractivity contribution in [3.8, 4) is 0 Å². The Morgan fingerprint density at radius 1 is 1.06 bits per heavy atom. The summed E-state index contributed by atoms with van der Waals surface area (Å²) in [6, 6.07) is 0. The van der Waals surface area contributed by atoms with Crippen molar-refractivity contribution in [2.75, 3.05) is 0 Å². The number of carbonyl (C=O) groups is 2. The molecule has 0 saturated heterocycles. The summed E-state index contributed by atoms with van der Waals surface area (Å²) >= 11 is 0. The zero-order chi connectivity index (χ0) is 14.6. The molecule has 1 unspecified atom stereocenters. The Balaban J connectivity index is 4.69. The lowest BCUT2D eigenvalue weighted by atomic mass is 9.86. The minimum Gasteiger partial charge on any atom is -0.459 e. The zero-order valence-electron chi connectivity index (χ0n) is 12.2. The maximum atomic E-state index is 11.9. The van der Waals surface area contributed by atoms with Gasteiger partial charge in [0.05, 0.1) is 0 Å². The molecule has 0 rings (SSSR count). The van der Waals surface area contributed by atoms with Crippen LogP contribution in [0.2, 0.25) is 0 Å². The zero-order valence-corrected chi connectivity index (χ0v) is 12.2. The monoisotopic (exact) mass is 259 g/mol. The van der Waals surface area contributed by atoms with Gasteiger partial charge in [-0.05, 0) is 39.0 Å². The van der Waals surface area contributed by atoms with Crippen LogP contribution in [0, 0.1) is 11.3 Å². The van der Waals surface area contributed by atoms with Crippen LogP contribution in [0.5, 0.6) is 0 Å². The van der Waals surface area contributed by atoms with Crippen LogP contribution in [-0.4, -0.2) is 17.5 Å². The van der Waals surface area contributed by atoms with Gasteiger partial charge in [-0.1, -0.05) is 20.8 Å². The molecule has 1 atom stereocenters. The minimum absolute atomic E-state index is 0.0230. The van der Waals surface area contributed by atoms with Gasteiger partial charge in [0, 0.05) is 0 Å². The smallest absolute Gasteiger partial charge is 0.338 e. The molecule has 0 fully saturated rings. The van der Waals surface area contributed by atoms with Gasteiger partial charge in [0.1, 0.15) is 5.60 Å². The molecule has 0 aromatic heterocycles. The first kappa shape index (κ1) is 16.9. The van der Waals surface area contributed by atoms with Crippen molar-refractivity contribution in [2.45, 2.75) is 60.0 Å². The Bertz CT molecular complexity index is 299. The lowest BCUT2D eigenvalue weighted by Gasteiger charge is -2.24. The molecule has 18 heavy (non-hydrogen) atoms. The summed E-state index contributed by atoms with van der Waals surface area (Å²) in [5.41, 5.74) is -0.610. The normalized spacial score (nSPS) is 13.9. The van der Waals surface area contributed by atoms with Crippen molar-refractivity contribution in [3.63, 3.8) is 0 Å². The van der Waals surface area contributed by atoms with E-state index in [9.17, 15) is 9.59 Å². The van der Waals surface area contributed by atoms with Gasteiger partial charge in [0.15, 0.2) is 5.92 Å². The number of rotatable bonds is 4. The van der Waals surface area contributed by atoms with E-state index in [1.807, 2.05) is 20.8 Å². The van der Waals surface area contributed by atoms with Crippen molar-refractivity contribution in [3.05, 3.63) is 0 Å². The second-order valence-electron chi connectivity index (χ2n) is 6.62. The first-order valence-electron chi connectivity index (χ1n) is 6.10. The Kier molecular flexibility index (Phi) is 5.80. The second-order valence-corrected chi connectivity index (χ2v) is 6.62. The summed E-state index contributed by atoms with van der Waals surface area (Å²) in [6.45, 7) is 11.4. The molecular formula is C13H25NO4. The molecule has 0 aromatic carbocycles. The summed E-state index contributed by atoms with van der Waals surface area (Å²) in [7, 11) is 0. The lowest BCUT2D eigenvalue weighted by molar-refractivity contribution is -0.170. The Morgan fingerprint density at radius 2 is 1.56 bits per heavy atom. The Labute approximate surface area is 109 Å². The van der Waals surface area contributed by atoms with E-state index in [1.54, 1.807) is 20.8 Å². The average Bonchev–Trinajstić information content (AvgIpc) is 2.12. The summed E-state index contributed by atoms with van der Waals surface area (Å²) in [5, 5.41) is 0. The van der Waals surface area contributed by atoms with Crippen LogP contribution in [0.1, 0.15) is 54.4 Å².